The van der Waals surface area contributed by atoms with Gasteiger partial charge in [0.1, 0.15) is 0 Å². The van der Waals surface area contributed by atoms with Crippen LogP contribution < -0.4 is 4.90 Å². The van der Waals surface area contributed by atoms with Gasteiger partial charge in [0, 0.05) is 44.4 Å². The van der Waals surface area contributed by atoms with Crippen LogP contribution in [0, 0.1) is 17.2 Å². The summed E-state index contributed by atoms with van der Waals surface area (Å²) in [5.74, 6) is 0.376. The molecule has 1 atom stereocenters. The van der Waals surface area contributed by atoms with E-state index in [-0.39, 0.29) is 17.4 Å². The summed E-state index contributed by atoms with van der Waals surface area (Å²) in [6.07, 6.45) is 1.64. The molecule has 3 rings (SSSR count). The predicted octanol–water partition coefficient (Wildman–Crippen LogP) is 2.41. The molecule has 0 spiro atoms. The number of nitriles is 1. The Kier molecular flexibility index (Phi) is 4.77. The van der Waals surface area contributed by atoms with Gasteiger partial charge in [-0.1, -0.05) is 0 Å². The van der Waals surface area contributed by atoms with Gasteiger partial charge in [0.15, 0.2) is 0 Å². The van der Waals surface area contributed by atoms with Crippen molar-refractivity contribution in [2.75, 3.05) is 37.7 Å². The maximum atomic E-state index is 12.8. The van der Waals surface area contributed by atoms with E-state index in [1.54, 1.807) is 0 Å². The number of ether oxygens (including phenoxy) is 1. The van der Waals surface area contributed by atoms with Crippen molar-refractivity contribution in [1.29, 1.82) is 5.26 Å². The third-order valence-corrected chi connectivity index (χ3v) is 5.00. The van der Waals surface area contributed by atoms with Gasteiger partial charge in [-0.3, -0.25) is 4.79 Å². The Hall–Kier alpha value is -2.06. The van der Waals surface area contributed by atoms with E-state index >= 15 is 0 Å². The lowest BCUT2D eigenvalue weighted by molar-refractivity contribution is -0.145. The van der Waals surface area contributed by atoms with E-state index in [2.05, 4.69) is 24.8 Å². The van der Waals surface area contributed by atoms with Gasteiger partial charge in [-0.2, -0.15) is 5.26 Å². The molecule has 5 heteroatoms. The van der Waals surface area contributed by atoms with Gasteiger partial charge in [-0.15, -0.1) is 0 Å². The normalized spacial score (nSPS) is 23.6. The standard InChI is InChI=1S/C19H25N3O2/c1-19(2)13-16(7-12-24-19)18(23)22-10-8-21(9-11-22)17-5-3-15(14-20)4-6-17/h3-6,16H,7-13H2,1-2H3/t16-/m1/s1. The second-order valence-electron chi connectivity index (χ2n) is 7.27. The Balaban J connectivity index is 1.56. The molecule has 1 aromatic carbocycles. The van der Waals surface area contributed by atoms with E-state index in [1.165, 1.54) is 0 Å². The van der Waals surface area contributed by atoms with Crippen molar-refractivity contribution < 1.29 is 9.53 Å². The SMILES string of the molecule is CC1(C)C[C@H](C(=O)N2CCN(c3ccc(C#N)cc3)CC2)CCO1. The summed E-state index contributed by atoms with van der Waals surface area (Å²) >= 11 is 0. The zero-order chi connectivity index (χ0) is 17.2. The van der Waals surface area contributed by atoms with Gasteiger partial charge >= 0.3 is 0 Å². The van der Waals surface area contributed by atoms with E-state index in [0.717, 1.165) is 44.7 Å². The molecular weight excluding hydrogens is 302 g/mol. The highest BCUT2D eigenvalue weighted by Crippen LogP contribution is 2.30. The molecule has 2 fully saturated rings. The zero-order valence-corrected chi connectivity index (χ0v) is 14.5. The predicted molar refractivity (Wildman–Crippen MR) is 92.7 cm³/mol. The first-order chi connectivity index (χ1) is 11.5. The van der Waals surface area contributed by atoms with E-state index < -0.39 is 0 Å². The number of hydrogen-bond donors (Lipinski definition) is 0. The Morgan fingerprint density at radius 3 is 2.46 bits per heavy atom. The summed E-state index contributed by atoms with van der Waals surface area (Å²) in [6, 6.07) is 9.80. The lowest BCUT2D eigenvalue weighted by atomic mass is 9.87. The quantitative estimate of drug-likeness (QED) is 0.837. The first-order valence-corrected chi connectivity index (χ1v) is 8.66. The van der Waals surface area contributed by atoms with Gasteiger partial charge in [0.05, 0.1) is 17.2 Å². The van der Waals surface area contributed by atoms with Crippen LogP contribution in [0.1, 0.15) is 32.3 Å². The molecule has 0 saturated carbocycles. The maximum absolute atomic E-state index is 12.8. The molecule has 5 nitrogen and oxygen atoms in total. The topological polar surface area (TPSA) is 56.6 Å². The Morgan fingerprint density at radius 1 is 1.21 bits per heavy atom. The van der Waals surface area contributed by atoms with Gasteiger partial charge < -0.3 is 14.5 Å². The highest BCUT2D eigenvalue weighted by Gasteiger charge is 2.35. The number of amides is 1. The van der Waals surface area contributed by atoms with Gasteiger partial charge in [-0.25, -0.2) is 0 Å². The Labute approximate surface area is 143 Å². The van der Waals surface area contributed by atoms with Crippen LogP contribution in [-0.4, -0.2) is 49.2 Å². The highest BCUT2D eigenvalue weighted by atomic mass is 16.5. The number of anilines is 1. The fourth-order valence-corrected chi connectivity index (χ4v) is 3.63. The van der Waals surface area contributed by atoms with Crippen LogP contribution in [0.15, 0.2) is 24.3 Å². The number of piperazine rings is 1. The molecule has 2 aliphatic heterocycles. The summed E-state index contributed by atoms with van der Waals surface area (Å²) in [6.45, 7) is 8.00. The fourth-order valence-electron chi connectivity index (χ4n) is 3.63. The van der Waals surface area contributed by atoms with Crippen LogP contribution in [0.4, 0.5) is 5.69 Å². The monoisotopic (exact) mass is 327 g/mol. The molecule has 2 saturated heterocycles. The van der Waals surface area contributed by atoms with Crippen LogP contribution >= 0.6 is 0 Å². The van der Waals surface area contributed by atoms with Crippen molar-refractivity contribution in [2.24, 2.45) is 5.92 Å². The van der Waals surface area contributed by atoms with E-state index in [0.29, 0.717) is 12.2 Å². The number of rotatable bonds is 2. The second kappa shape index (κ2) is 6.82. The largest absolute Gasteiger partial charge is 0.376 e. The van der Waals surface area contributed by atoms with Crippen molar-refractivity contribution in [3.05, 3.63) is 29.8 Å². The molecule has 1 aromatic rings. The van der Waals surface area contributed by atoms with Gasteiger partial charge in [-0.05, 0) is 51.0 Å². The molecule has 0 bridgehead atoms. The summed E-state index contributed by atoms with van der Waals surface area (Å²) in [5.41, 5.74) is 1.60. The molecule has 128 valence electrons. The minimum absolute atomic E-state index is 0.0928. The number of benzene rings is 1. The number of carbonyl (C=O) groups excluding carboxylic acids is 1. The van der Waals surface area contributed by atoms with E-state index in [9.17, 15) is 4.79 Å². The lowest BCUT2D eigenvalue weighted by Crippen LogP contribution is -2.52. The molecule has 0 radical (unpaired) electrons. The number of hydrogen-bond acceptors (Lipinski definition) is 4. The van der Waals surface area contributed by atoms with Crippen molar-refractivity contribution in [2.45, 2.75) is 32.3 Å². The fraction of sp³-hybridized carbons (Fsp3) is 0.579. The molecule has 0 aliphatic carbocycles. The molecule has 24 heavy (non-hydrogen) atoms. The van der Waals surface area contributed by atoms with Gasteiger partial charge in [0.2, 0.25) is 5.91 Å². The van der Waals surface area contributed by atoms with E-state index in [1.807, 2.05) is 29.2 Å². The minimum atomic E-state index is -0.192. The summed E-state index contributed by atoms with van der Waals surface area (Å²) in [4.78, 5) is 17.1. The van der Waals surface area contributed by atoms with Crippen LogP contribution in [-0.2, 0) is 9.53 Å². The number of nitrogens with zero attached hydrogens (tertiary/aromatic N) is 3. The number of carbonyl (C=O) groups is 1. The van der Waals surface area contributed by atoms with Crippen molar-refractivity contribution in [3.8, 4) is 6.07 Å². The van der Waals surface area contributed by atoms with Crippen molar-refractivity contribution in [1.82, 2.24) is 4.90 Å². The zero-order valence-electron chi connectivity index (χ0n) is 14.5. The molecular formula is C19H25N3O2. The van der Waals surface area contributed by atoms with Gasteiger partial charge in [0.25, 0.3) is 0 Å². The summed E-state index contributed by atoms with van der Waals surface area (Å²) in [5, 5.41) is 8.88. The van der Waals surface area contributed by atoms with Crippen LogP contribution in [0.3, 0.4) is 0 Å². The van der Waals surface area contributed by atoms with E-state index in [4.69, 9.17) is 10.00 Å². The van der Waals surface area contributed by atoms with Crippen molar-refractivity contribution >= 4 is 11.6 Å². The molecule has 0 unspecified atom stereocenters. The molecule has 1 amide bonds. The molecule has 2 heterocycles. The summed E-state index contributed by atoms with van der Waals surface area (Å²) in [7, 11) is 0. The molecule has 0 N–H and O–H groups in total. The van der Waals surface area contributed by atoms with Crippen LogP contribution in [0.25, 0.3) is 0 Å². The van der Waals surface area contributed by atoms with Crippen LogP contribution in [0.5, 0.6) is 0 Å². The minimum Gasteiger partial charge on any atom is -0.376 e. The maximum Gasteiger partial charge on any atom is 0.226 e. The first kappa shape index (κ1) is 16.8. The lowest BCUT2D eigenvalue weighted by Gasteiger charge is -2.40. The smallest absolute Gasteiger partial charge is 0.226 e. The average Bonchev–Trinajstić information content (AvgIpc) is 2.60. The summed E-state index contributed by atoms with van der Waals surface area (Å²) < 4.78 is 5.72. The highest BCUT2D eigenvalue weighted by molar-refractivity contribution is 5.79. The van der Waals surface area contributed by atoms with Crippen LogP contribution in [0.2, 0.25) is 0 Å². The first-order valence-electron chi connectivity index (χ1n) is 8.66. The molecule has 0 aromatic heterocycles. The molecule has 2 aliphatic rings. The second-order valence-corrected chi connectivity index (χ2v) is 7.27. The Morgan fingerprint density at radius 2 is 1.88 bits per heavy atom. The Bertz CT molecular complexity index is 625. The average molecular weight is 327 g/mol. The third kappa shape index (κ3) is 3.70. The third-order valence-electron chi connectivity index (χ3n) is 5.00. The van der Waals surface area contributed by atoms with Crippen molar-refractivity contribution in [3.63, 3.8) is 0 Å².